The number of nitrogens with zero attached hydrogens (tertiary/aromatic N) is 3. The number of hydrogen-bond donors (Lipinski definition) is 1. The average Bonchev–Trinajstić information content (AvgIpc) is 2.81. The van der Waals surface area contributed by atoms with Crippen LogP contribution in [0.25, 0.3) is 0 Å². The summed E-state index contributed by atoms with van der Waals surface area (Å²) in [6, 6.07) is 2.18. The smallest absolute Gasteiger partial charge is 0.223 e. The number of likely N-dealkylation sites (tertiary alicyclic amines) is 1. The molecule has 0 aromatic carbocycles. The van der Waals surface area contributed by atoms with Crippen LogP contribution in [-0.2, 0) is 4.79 Å². The predicted molar refractivity (Wildman–Crippen MR) is 73.4 cm³/mol. The van der Waals surface area contributed by atoms with Gasteiger partial charge in [-0.3, -0.25) is 9.69 Å². The van der Waals surface area contributed by atoms with E-state index >= 15 is 0 Å². The molecule has 0 aliphatic carbocycles. The third-order valence-corrected chi connectivity index (χ3v) is 3.78. The summed E-state index contributed by atoms with van der Waals surface area (Å²) in [5, 5.41) is 18.6. The Kier molecular flexibility index (Phi) is 5.77. The first-order valence-electron chi connectivity index (χ1n) is 6.93. The van der Waals surface area contributed by atoms with Crippen LogP contribution < -0.4 is 0 Å². The highest BCUT2D eigenvalue weighted by Gasteiger charge is 2.35. The van der Waals surface area contributed by atoms with Crippen molar-refractivity contribution in [1.82, 2.24) is 9.80 Å². The maximum Gasteiger partial charge on any atom is 0.223 e. The van der Waals surface area contributed by atoms with E-state index < -0.39 is 5.60 Å². The molecule has 0 saturated carbocycles. The van der Waals surface area contributed by atoms with Gasteiger partial charge >= 0.3 is 0 Å². The summed E-state index contributed by atoms with van der Waals surface area (Å²) in [4.78, 5) is 15.7. The van der Waals surface area contributed by atoms with Gasteiger partial charge in [0.1, 0.15) is 0 Å². The molecule has 0 radical (unpaired) electrons. The second kappa shape index (κ2) is 6.88. The van der Waals surface area contributed by atoms with Crippen molar-refractivity contribution in [1.29, 1.82) is 5.26 Å². The van der Waals surface area contributed by atoms with Crippen LogP contribution in [0.1, 0.15) is 39.5 Å². The van der Waals surface area contributed by atoms with Gasteiger partial charge in [-0.2, -0.15) is 5.26 Å². The number of amides is 1. The Labute approximate surface area is 115 Å². The van der Waals surface area contributed by atoms with Crippen molar-refractivity contribution in [3.05, 3.63) is 0 Å². The lowest BCUT2D eigenvalue weighted by molar-refractivity contribution is -0.130. The molecule has 108 valence electrons. The van der Waals surface area contributed by atoms with Crippen molar-refractivity contribution in [3.8, 4) is 6.07 Å². The Bertz CT molecular complexity index is 344. The first kappa shape index (κ1) is 15.9. The van der Waals surface area contributed by atoms with Gasteiger partial charge < -0.3 is 10.0 Å². The molecule has 5 nitrogen and oxygen atoms in total. The first-order valence-corrected chi connectivity index (χ1v) is 6.93. The largest absolute Gasteiger partial charge is 0.389 e. The van der Waals surface area contributed by atoms with Crippen LogP contribution in [0.15, 0.2) is 0 Å². The number of nitriles is 1. The van der Waals surface area contributed by atoms with Crippen molar-refractivity contribution in [2.24, 2.45) is 0 Å². The molecule has 1 N–H and O–H groups in total. The summed E-state index contributed by atoms with van der Waals surface area (Å²) in [7, 11) is 1.73. The molecule has 1 aliphatic heterocycles. The molecule has 1 rings (SSSR count). The standard InChI is InChI=1S/C14H25N3O2/c1-14(2,19)12-6-4-10-17(12)11-7-13(18)16(3)9-5-8-15/h12,19H,4-7,9-11H2,1-3H3. The average molecular weight is 267 g/mol. The Morgan fingerprint density at radius 1 is 1.58 bits per heavy atom. The second-order valence-electron chi connectivity index (χ2n) is 5.82. The number of carbonyl (C=O) groups excluding carboxylic acids is 1. The monoisotopic (exact) mass is 267 g/mol. The molecule has 1 fully saturated rings. The fraction of sp³-hybridized carbons (Fsp3) is 0.857. The van der Waals surface area contributed by atoms with Crippen LogP contribution in [0.3, 0.4) is 0 Å². The van der Waals surface area contributed by atoms with Gasteiger partial charge in [0.05, 0.1) is 18.1 Å². The lowest BCUT2D eigenvalue weighted by Crippen LogP contribution is -2.46. The first-order chi connectivity index (χ1) is 8.86. The number of carbonyl (C=O) groups is 1. The van der Waals surface area contributed by atoms with Crippen molar-refractivity contribution in [3.63, 3.8) is 0 Å². The van der Waals surface area contributed by atoms with E-state index in [0.717, 1.165) is 19.4 Å². The fourth-order valence-electron chi connectivity index (χ4n) is 2.67. The molecule has 19 heavy (non-hydrogen) atoms. The SMILES string of the molecule is CN(CCC#N)C(=O)CCN1CCCC1C(C)(C)O. The summed E-state index contributed by atoms with van der Waals surface area (Å²) in [6.45, 7) is 5.78. The van der Waals surface area contributed by atoms with E-state index in [1.54, 1.807) is 11.9 Å². The minimum absolute atomic E-state index is 0.0663. The molecule has 1 unspecified atom stereocenters. The van der Waals surface area contributed by atoms with Gasteiger partial charge in [-0.05, 0) is 33.2 Å². The van der Waals surface area contributed by atoms with E-state index in [1.165, 1.54) is 0 Å². The van der Waals surface area contributed by atoms with E-state index in [-0.39, 0.29) is 11.9 Å². The number of aliphatic hydroxyl groups is 1. The highest BCUT2D eigenvalue weighted by Crippen LogP contribution is 2.26. The van der Waals surface area contributed by atoms with Gasteiger partial charge in [0, 0.05) is 32.6 Å². The summed E-state index contributed by atoms with van der Waals surface area (Å²) >= 11 is 0. The molecule has 1 amide bonds. The minimum atomic E-state index is -0.716. The Morgan fingerprint density at radius 2 is 2.26 bits per heavy atom. The minimum Gasteiger partial charge on any atom is -0.389 e. The van der Waals surface area contributed by atoms with Crippen molar-refractivity contribution < 1.29 is 9.90 Å². The van der Waals surface area contributed by atoms with Gasteiger partial charge in [0.2, 0.25) is 5.91 Å². The van der Waals surface area contributed by atoms with Gasteiger partial charge in [-0.1, -0.05) is 0 Å². The van der Waals surface area contributed by atoms with Crippen LogP contribution in [-0.4, -0.2) is 59.1 Å². The zero-order valence-corrected chi connectivity index (χ0v) is 12.2. The topological polar surface area (TPSA) is 67.6 Å². The van der Waals surface area contributed by atoms with Crippen LogP contribution in [0, 0.1) is 11.3 Å². The molecule has 0 spiro atoms. The fourth-order valence-corrected chi connectivity index (χ4v) is 2.67. The third-order valence-electron chi connectivity index (χ3n) is 3.78. The van der Waals surface area contributed by atoms with Gasteiger partial charge in [0.25, 0.3) is 0 Å². The Balaban J connectivity index is 2.40. The van der Waals surface area contributed by atoms with Crippen molar-refractivity contribution >= 4 is 5.91 Å². The van der Waals surface area contributed by atoms with E-state index in [1.807, 2.05) is 19.9 Å². The molecule has 1 saturated heterocycles. The van der Waals surface area contributed by atoms with E-state index in [9.17, 15) is 9.90 Å². The second-order valence-corrected chi connectivity index (χ2v) is 5.82. The number of rotatable bonds is 6. The highest BCUT2D eigenvalue weighted by molar-refractivity contribution is 5.76. The molecular formula is C14H25N3O2. The predicted octanol–water partition coefficient (Wildman–Crippen LogP) is 0.984. The summed E-state index contributed by atoms with van der Waals surface area (Å²) in [6.07, 6.45) is 2.89. The molecule has 5 heteroatoms. The molecule has 1 heterocycles. The zero-order valence-electron chi connectivity index (χ0n) is 12.2. The van der Waals surface area contributed by atoms with E-state index in [4.69, 9.17) is 5.26 Å². The third kappa shape index (κ3) is 4.81. The van der Waals surface area contributed by atoms with Crippen molar-refractivity contribution in [2.75, 3.05) is 26.7 Å². The zero-order chi connectivity index (χ0) is 14.5. The summed E-state index contributed by atoms with van der Waals surface area (Å²) in [5.74, 6) is 0.0663. The molecule has 0 aromatic heterocycles. The summed E-state index contributed by atoms with van der Waals surface area (Å²) < 4.78 is 0. The normalized spacial score (nSPS) is 20.3. The quantitative estimate of drug-likeness (QED) is 0.779. The van der Waals surface area contributed by atoms with Crippen LogP contribution in [0.2, 0.25) is 0 Å². The lowest BCUT2D eigenvalue weighted by Gasteiger charge is -2.34. The molecule has 0 aromatic rings. The molecule has 1 aliphatic rings. The lowest BCUT2D eigenvalue weighted by atomic mass is 9.96. The van der Waals surface area contributed by atoms with E-state index in [2.05, 4.69) is 4.90 Å². The van der Waals surface area contributed by atoms with Crippen molar-refractivity contribution in [2.45, 2.75) is 51.2 Å². The highest BCUT2D eigenvalue weighted by atomic mass is 16.3. The molecule has 0 bridgehead atoms. The summed E-state index contributed by atoms with van der Waals surface area (Å²) in [5.41, 5.74) is -0.716. The number of hydrogen-bond acceptors (Lipinski definition) is 4. The Hall–Kier alpha value is -1.12. The van der Waals surface area contributed by atoms with Crippen LogP contribution in [0.5, 0.6) is 0 Å². The van der Waals surface area contributed by atoms with Gasteiger partial charge in [-0.25, -0.2) is 0 Å². The van der Waals surface area contributed by atoms with Crippen LogP contribution >= 0.6 is 0 Å². The van der Waals surface area contributed by atoms with Gasteiger partial charge in [0.15, 0.2) is 0 Å². The van der Waals surface area contributed by atoms with Crippen LogP contribution in [0.4, 0.5) is 0 Å². The Morgan fingerprint density at radius 3 is 2.84 bits per heavy atom. The molecule has 1 atom stereocenters. The maximum atomic E-state index is 11.9. The van der Waals surface area contributed by atoms with Gasteiger partial charge in [-0.15, -0.1) is 0 Å². The maximum absolute atomic E-state index is 11.9. The molecular weight excluding hydrogens is 242 g/mol. The van der Waals surface area contributed by atoms with E-state index in [0.29, 0.717) is 25.9 Å².